The van der Waals surface area contributed by atoms with E-state index in [4.69, 9.17) is 9.47 Å². The first-order chi connectivity index (χ1) is 15.0. The number of likely N-dealkylation sites (tertiary alicyclic amines) is 1. The number of hydrogen-bond acceptors (Lipinski definition) is 5. The van der Waals surface area contributed by atoms with E-state index >= 15 is 0 Å². The van der Waals surface area contributed by atoms with Crippen LogP contribution in [0.3, 0.4) is 0 Å². The van der Waals surface area contributed by atoms with Gasteiger partial charge in [-0.05, 0) is 74.2 Å². The molecule has 6 nitrogen and oxygen atoms in total. The summed E-state index contributed by atoms with van der Waals surface area (Å²) >= 11 is 0. The molecule has 6 heteroatoms. The van der Waals surface area contributed by atoms with Gasteiger partial charge in [0.25, 0.3) is 0 Å². The minimum atomic E-state index is -0.354. The fourth-order valence-corrected chi connectivity index (χ4v) is 4.32. The lowest BCUT2D eigenvalue weighted by molar-refractivity contribution is -0.121. The number of rotatable bonds is 8. The van der Waals surface area contributed by atoms with E-state index in [1.54, 1.807) is 19.2 Å². The fourth-order valence-electron chi connectivity index (χ4n) is 4.32. The van der Waals surface area contributed by atoms with Crippen molar-refractivity contribution in [2.75, 3.05) is 34.4 Å². The number of piperidine rings is 1. The minimum absolute atomic E-state index is 0.0544. The van der Waals surface area contributed by atoms with Gasteiger partial charge in [-0.15, -0.1) is 0 Å². The predicted molar refractivity (Wildman–Crippen MR) is 120 cm³/mol. The molecule has 2 unspecified atom stereocenters. The molecular formula is C25H32N2O4. The molecule has 1 aliphatic heterocycles. The van der Waals surface area contributed by atoms with Crippen molar-refractivity contribution in [2.24, 2.45) is 5.92 Å². The molecule has 1 amide bonds. The highest BCUT2D eigenvalue weighted by Crippen LogP contribution is 2.35. The van der Waals surface area contributed by atoms with Crippen molar-refractivity contribution in [3.63, 3.8) is 0 Å². The summed E-state index contributed by atoms with van der Waals surface area (Å²) in [5, 5.41) is 3.14. The molecule has 0 aromatic heterocycles. The molecule has 2 atom stereocenters. The van der Waals surface area contributed by atoms with Crippen LogP contribution >= 0.6 is 0 Å². The molecule has 2 aromatic carbocycles. The van der Waals surface area contributed by atoms with Crippen LogP contribution < -0.4 is 10.1 Å². The zero-order valence-corrected chi connectivity index (χ0v) is 18.6. The van der Waals surface area contributed by atoms with Crippen LogP contribution in [0.5, 0.6) is 5.75 Å². The Hall–Kier alpha value is -2.86. The van der Waals surface area contributed by atoms with Crippen LogP contribution in [0.2, 0.25) is 0 Å². The zero-order chi connectivity index (χ0) is 22.2. The van der Waals surface area contributed by atoms with E-state index in [0.29, 0.717) is 30.9 Å². The molecule has 0 bridgehead atoms. The first kappa shape index (κ1) is 22.8. The lowest BCUT2D eigenvalue weighted by atomic mass is 9.85. The van der Waals surface area contributed by atoms with Crippen molar-refractivity contribution >= 4 is 11.9 Å². The summed E-state index contributed by atoms with van der Waals surface area (Å²) in [5.74, 6) is 0.925. The topological polar surface area (TPSA) is 67.9 Å². The van der Waals surface area contributed by atoms with Gasteiger partial charge in [-0.3, -0.25) is 9.69 Å². The van der Waals surface area contributed by atoms with Crippen LogP contribution in [0.4, 0.5) is 0 Å². The fraction of sp³-hybridized carbons (Fsp3) is 0.440. The standard InChI is InChI=1S/C25H32N2O4/c1-27-16-4-5-21(24(27)19-11-13-22(30-2)14-12-19)17-26-23(28)15-8-18-6-9-20(10-7-18)25(29)31-3/h6-7,9-14,21,24H,4-5,8,15-17H2,1-3H3,(H,26,28). The number of nitrogens with one attached hydrogen (secondary N) is 1. The second kappa shape index (κ2) is 11.0. The molecule has 0 spiro atoms. The molecule has 0 aliphatic carbocycles. The van der Waals surface area contributed by atoms with E-state index in [1.807, 2.05) is 24.3 Å². The van der Waals surface area contributed by atoms with Gasteiger partial charge in [-0.1, -0.05) is 24.3 Å². The highest BCUT2D eigenvalue weighted by Gasteiger charge is 2.30. The van der Waals surface area contributed by atoms with Crippen LogP contribution in [0.1, 0.15) is 46.8 Å². The monoisotopic (exact) mass is 424 g/mol. The van der Waals surface area contributed by atoms with Gasteiger partial charge in [0, 0.05) is 19.0 Å². The van der Waals surface area contributed by atoms with E-state index in [-0.39, 0.29) is 17.9 Å². The van der Waals surface area contributed by atoms with Gasteiger partial charge in [0.15, 0.2) is 0 Å². The number of aryl methyl sites for hydroxylation is 1. The van der Waals surface area contributed by atoms with Gasteiger partial charge >= 0.3 is 5.97 Å². The van der Waals surface area contributed by atoms with Crippen molar-refractivity contribution in [1.29, 1.82) is 0 Å². The number of amides is 1. The van der Waals surface area contributed by atoms with Crippen LogP contribution in [0.15, 0.2) is 48.5 Å². The van der Waals surface area contributed by atoms with Crippen molar-refractivity contribution in [3.8, 4) is 5.75 Å². The number of esters is 1. The Bertz CT molecular complexity index is 864. The second-order valence-electron chi connectivity index (χ2n) is 8.09. The largest absolute Gasteiger partial charge is 0.497 e. The maximum Gasteiger partial charge on any atom is 0.337 e. The van der Waals surface area contributed by atoms with E-state index in [9.17, 15) is 9.59 Å². The first-order valence-electron chi connectivity index (χ1n) is 10.8. The minimum Gasteiger partial charge on any atom is -0.497 e. The molecule has 1 fully saturated rings. The maximum atomic E-state index is 12.5. The Morgan fingerprint density at radius 1 is 1.06 bits per heavy atom. The normalized spacial score (nSPS) is 18.9. The zero-order valence-electron chi connectivity index (χ0n) is 18.6. The SMILES string of the molecule is COC(=O)c1ccc(CCC(=O)NCC2CCCN(C)C2c2ccc(OC)cc2)cc1. The summed E-state index contributed by atoms with van der Waals surface area (Å²) in [6.45, 7) is 1.73. The number of carbonyl (C=O) groups is 2. The lowest BCUT2D eigenvalue weighted by Crippen LogP contribution is -2.41. The van der Waals surface area contributed by atoms with Crippen molar-refractivity contribution < 1.29 is 19.1 Å². The van der Waals surface area contributed by atoms with Crippen LogP contribution in [0.25, 0.3) is 0 Å². The molecule has 31 heavy (non-hydrogen) atoms. The lowest BCUT2D eigenvalue weighted by Gasteiger charge is -2.39. The molecule has 0 saturated carbocycles. The summed E-state index contributed by atoms with van der Waals surface area (Å²) in [4.78, 5) is 26.4. The Kier molecular flexibility index (Phi) is 8.06. The predicted octanol–water partition coefficient (Wildman–Crippen LogP) is 3.61. The molecule has 3 rings (SSSR count). The number of hydrogen-bond donors (Lipinski definition) is 1. The van der Waals surface area contributed by atoms with Crippen molar-refractivity contribution in [2.45, 2.75) is 31.7 Å². The van der Waals surface area contributed by atoms with Crippen molar-refractivity contribution in [3.05, 3.63) is 65.2 Å². The van der Waals surface area contributed by atoms with Gasteiger partial charge in [-0.25, -0.2) is 4.79 Å². The van der Waals surface area contributed by atoms with Gasteiger partial charge in [-0.2, -0.15) is 0 Å². The summed E-state index contributed by atoms with van der Waals surface area (Å²) < 4.78 is 9.99. The summed E-state index contributed by atoms with van der Waals surface area (Å²) in [6, 6.07) is 15.7. The summed E-state index contributed by atoms with van der Waals surface area (Å²) in [5.41, 5.74) is 2.80. The van der Waals surface area contributed by atoms with Crippen LogP contribution in [-0.4, -0.2) is 51.1 Å². The first-order valence-corrected chi connectivity index (χ1v) is 10.8. The molecular weight excluding hydrogens is 392 g/mol. The highest BCUT2D eigenvalue weighted by molar-refractivity contribution is 5.89. The Labute approximate surface area is 184 Å². The van der Waals surface area contributed by atoms with E-state index in [0.717, 1.165) is 30.7 Å². The number of methoxy groups -OCH3 is 2. The third-order valence-corrected chi connectivity index (χ3v) is 6.04. The number of carbonyl (C=O) groups excluding carboxylic acids is 2. The molecule has 1 heterocycles. The molecule has 2 aromatic rings. The molecule has 1 aliphatic rings. The molecule has 1 N–H and O–H groups in total. The quantitative estimate of drug-likeness (QED) is 0.656. The van der Waals surface area contributed by atoms with Gasteiger partial charge in [0.2, 0.25) is 5.91 Å². The van der Waals surface area contributed by atoms with Crippen LogP contribution in [-0.2, 0) is 16.0 Å². The van der Waals surface area contributed by atoms with E-state index in [1.165, 1.54) is 12.7 Å². The van der Waals surface area contributed by atoms with Gasteiger partial charge in [0.1, 0.15) is 5.75 Å². The van der Waals surface area contributed by atoms with E-state index in [2.05, 4.69) is 29.4 Å². The second-order valence-corrected chi connectivity index (χ2v) is 8.09. The van der Waals surface area contributed by atoms with E-state index < -0.39 is 0 Å². The average molecular weight is 425 g/mol. The molecule has 0 radical (unpaired) electrons. The Morgan fingerprint density at radius 2 is 1.77 bits per heavy atom. The average Bonchev–Trinajstić information content (AvgIpc) is 2.81. The molecule has 166 valence electrons. The number of nitrogens with zero attached hydrogens (tertiary/aromatic N) is 1. The number of ether oxygens (including phenoxy) is 2. The van der Waals surface area contributed by atoms with Gasteiger partial charge < -0.3 is 14.8 Å². The smallest absolute Gasteiger partial charge is 0.337 e. The Balaban J connectivity index is 1.53. The maximum absolute atomic E-state index is 12.5. The van der Waals surface area contributed by atoms with Crippen LogP contribution in [0, 0.1) is 5.92 Å². The number of benzene rings is 2. The molecule has 1 saturated heterocycles. The van der Waals surface area contributed by atoms with Gasteiger partial charge in [0.05, 0.1) is 19.8 Å². The van der Waals surface area contributed by atoms with Crippen molar-refractivity contribution in [1.82, 2.24) is 10.2 Å². The third-order valence-electron chi connectivity index (χ3n) is 6.04. The Morgan fingerprint density at radius 3 is 2.42 bits per heavy atom. The third kappa shape index (κ3) is 6.07. The summed E-state index contributed by atoms with van der Waals surface area (Å²) in [6.07, 6.45) is 3.29. The summed E-state index contributed by atoms with van der Waals surface area (Å²) in [7, 11) is 5.19. The highest BCUT2D eigenvalue weighted by atomic mass is 16.5.